The van der Waals surface area contributed by atoms with Gasteiger partial charge in [-0.15, -0.1) is 0 Å². The van der Waals surface area contributed by atoms with E-state index in [2.05, 4.69) is 20.6 Å². The average molecular weight is 362 g/mol. The molecule has 3 aromatic rings. The zero-order valence-corrected chi connectivity index (χ0v) is 14.9. The van der Waals surface area contributed by atoms with Crippen LogP contribution in [0.2, 0.25) is 0 Å². The van der Waals surface area contributed by atoms with Gasteiger partial charge >= 0.3 is 5.97 Å². The number of nitrogens with zero attached hydrogens (tertiary/aromatic N) is 2. The van der Waals surface area contributed by atoms with Gasteiger partial charge in [-0.1, -0.05) is 29.8 Å². The molecule has 0 unspecified atom stereocenters. The molecule has 7 nitrogen and oxygen atoms in total. The highest BCUT2D eigenvalue weighted by molar-refractivity contribution is 6.03. The summed E-state index contributed by atoms with van der Waals surface area (Å²) in [5.74, 6) is -0.639. The predicted octanol–water partition coefficient (Wildman–Crippen LogP) is 3.57. The third kappa shape index (κ3) is 4.46. The van der Waals surface area contributed by atoms with E-state index < -0.39 is 5.97 Å². The normalized spacial score (nSPS) is 10.1. The Kier molecular flexibility index (Phi) is 5.41. The van der Waals surface area contributed by atoms with E-state index in [4.69, 9.17) is 4.74 Å². The minimum absolute atomic E-state index is 0.197. The first kappa shape index (κ1) is 18.1. The fourth-order valence-electron chi connectivity index (χ4n) is 2.38. The first-order valence-corrected chi connectivity index (χ1v) is 8.22. The number of ether oxygens (including phenoxy) is 1. The lowest BCUT2D eigenvalue weighted by molar-refractivity contribution is 0.0601. The van der Waals surface area contributed by atoms with Crippen molar-refractivity contribution in [2.75, 3.05) is 17.7 Å². The first-order chi connectivity index (χ1) is 13.1. The smallest absolute Gasteiger partial charge is 0.339 e. The van der Waals surface area contributed by atoms with Crippen molar-refractivity contribution >= 4 is 29.2 Å². The minimum Gasteiger partial charge on any atom is -0.465 e. The van der Waals surface area contributed by atoms with Crippen LogP contribution in [-0.2, 0) is 4.74 Å². The van der Waals surface area contributed by atoms with Crippen LogP contribution in [0.3, 0.4) is 0 Å². The fraction of sp³-hybridized carbons (Fsp3) is 0.100. The SMILES string of the molecule is COC(=O)c1ccccc1Nc1nccc(C(=O)Nc2ccc(C)cc2)n1. The highest BCUT2D eigenvalue weighted by Gasteiger charge is 2.13. The van der Waals surface area contributed by atoms with Gasteiger partial charge in [0.15, 0.2) is 0 Å². The van der Waals surface area contributed by atoms with Crippen molar-refractivity contribution in [2.45, 2.75) is 6.92 Å². The quantitative estimate of drug-likeness (QED) is 0.674. The second kappa shape index (κ2) is 8.09. The minimum atomic E-state index is -0.480. The number of rotatable bonds is 5. The Morgan fingerprint density at radius 2 is 1.74 bits per heavy atom. The summed E-state index contributed by atoms with van der Waals surface area (Å²) in [7, 11) is 1.31. The monoisotopic (exact) mass is 362 g/mol. The van der Waals surface area contributed by atoms with Gasteiger partial charge < -0.3 is 15.4 Å². The Bertz CT molecular complexity index is 971. The van der Waals surface area contributed by atoms with E-state index in [-0.39, 0.29) is 17.5 Å². The van der Waals surface area contributed by atoms with Gasteiger partial charge in [0, 0.05) is 11.9 Å². The summed E-state index contributed by atoms with van der Waals surface area (Å²) in [5, 5.41) is 5.74. The maximum Gasteiger partial charge on any atom is 0.339 e. The molecule has 0 aliphatic rings. The van der Waals surface area contributed by atoms with Crippen LogP contribution in [0.4, 0.5) is 17.3 Å². The number of carbonyl (C=O) groups is 2. The van der Waals surface area contributed by atoms with E-state index in [1.54, 1.807) is 24.3 Å². The van der Waals surface area contributed by atoms with Gasteiger partial charge in [0.05, 0.1) is 18.4 Å². The number of hydrogen-bond donors (Lipinski definition) is 2. The van der Waals surface area contributed by atoms with Crippen molar-refractivity contribution in [3.8, 4) is 0 Å². The molecule has 27 heavy (non-hydrogen) atoms. The molecule has 0 spiro atoms. The average Bonchev–Trinajstić information content (AvgIpc) is 2.70. The molecule has 136 valence electrons. The van der Waals surface area contributed by atoms with Crippen molar-refractivity contribution in [1.29, 1.82) is 0 Å². The molecule has 3 rings (SSSR count). The summed E-state index contributed by atoms with van der Waals surface area (Å²) in [4.78, 5) is 32.6. The lowest BCUT2D eigenvalue weighted by Gasteiger charge is -2.10. The molecule has 0 radical (unpaired) electrons. The second-order valence-corrected chi connectivity index (χ2v) is 5.75. The number of nitrogens with one attached hydrogen (secondary N) is 2. The van der Waals surface area contributed by atoms with Crippen LogP contribution in [-0.4, -0.2) is 29.0 Å². The molecule has 0 saturated heterocycles. The van der Waals surface area contributed by atoms with Crippen LogP contribution in [0.25, 0.3) is 0 Å². The Morgan fingerprint density at radius 1 is 1.00 bits per heavy atom. The Hall–Kier alpha value is -3.74. The van der Waals surface area contributed by atoms with Crippen LogP contribution >= 0.6 is 0 Å². The lowest BCUT2D eigenvalue weighted by atomic mass is 10.2. The highest BCUT2D eigenvalue weighted by atomic mass is 16.5. The predicted molar refractivity (Wildman–Crippen MR) is 102 cm³/mol. The molecule has 1 aromatic heterocycles. The number of hydrogen-bond acceptors (Lipinski definition) is 6. The van der Waals surface area contributed by atoms with Gasteiger partial charge in [-0.25, -0.2) is 14.8 Å². The van der Waals surface area contributed by atoms with E-state index >= 15 is 0 Å². The number of aromatic nitrogens is 2. The first-order valence-electron chi connectivity index (χ1n) is 8.22. The van der Waals surface area contributed by atoms with Crippen molar-refractivity contribution in [3.63, 3.8) is 0 Å². The van der Waals surface area contributed by atoms with Crippen molar-refractivity contribution < 1.29 is 14.3 Å². The molecular formula is C20H18N4O3. The van der Waals surface area contributed by atoms with Crippen LogP contribution < -0.4 is 10.6 Å². The number of anilines is 3. The summed E-state index contributed by atoms with van der Waals surface area (Å²) in [6.07, 6.45) is 1.47. The number of amides is 1. The summed E-state index contributed by atoms with van der Waals surface area (Å²) < 4.78 is 4.77. The van der Waals surface area contributed by atoms with Crippen molar-refractivity contribution in [2.24, 2.45) is 0 Å². The molecule has 1 heterocycles. The van der Waals surface area contributed by atoms with E-state index in [9.17, 15) is 9.59 Å². The molecule has 0 aliphatic carbocycles. The third-order valence-corrected chi connectivity index (χ3v) is 3.78. The van der Waals surface area contributed by atoms with E-state index in [1.807, 2.05) is 31.2 Å². The topological polar surface area (TPSA) is 93.2 Å². The molecular weight excluding hydrogens is 344 g/mol. The van der Waals surface area contributed by atoms with Gasteiger partial charge in [0.25, 0.3) is 5.91 Å². The standard InChI is InChI=1S/C20H18N4O3/c1-13-7-9-14(10-8-13)22-18(25)17-11-12-21-20(24-17)23-16-6-4-3-5-15(16)19(26)27-2/h3-12H,1-2H3,(H,22,25)(H,21,23,24). The molecule has 0 fully saturated rings. The van der Waals surface area contributed by atoms with Crippen LogP contribution in [0.1, 0.15) is 26.4 Å². The van der Waals surface area contributed by atoms with Gasteiger partial charge in [0.2, 0.25) is 5.95 Å². The molecule has 2 N–H and O–H groups in total. The van der Waals surface area contributed by atoms with Gasteiger partial charge in [-0.05, 0) is 37.3 Å². The largest absolute Gasteiger partial charge is 0.465 e. The van der Waals surface area contributed by atoms with Gasteiger partial charge in [-0.2, -0.15) is 0 Å². The number of esters is 1. The lowest BCUT2D eigenvalue weighted by Crippen LogP contribution is -2.15. The molecule has 0 atom stereocenters. The summed E-state index contributed by atoms with van der Waals surface area (Å²) in [5.41, 5.74) is 2.81. The summed E-state index contributed by atoms with van der Waals surface area (Å²) >= 11 is 0. The van der Waals surface area contributed by atoms with Crippen molar-refractivity contribution in [1.82, 2.24) is 9.97 Å². The van der Waals surface area contributed by atoms with Crippen LogP contribution in [0.5, 0.6) is 0 Å². The van der Waals surface area contributed by atoms with Crippen LogP contribution in [0, 0.1) is 6.92 Å². The van der Waals surface area contributed by atoms with Crippen molar-refractivity contribution in [3.05, 3.63) is 77.6 Å². The third-order valence-electron chi connectivity index (χ3n) is 3.78. The Labute approximate surface area is 156 Å². The maximum atomic E-state index is 12.4. The van der Waals surface area contributed by atoms with E-state index in [0.29, 0.717) is 16.9 Å². The fourth-order valence-corrected chi connectivity index (χ4v) is 2.38. The van der Waals surface area contributed by atoms with E-state index in [0.717, 1.165) is 5.56 Å². The molecule has 1 amide bonds. The summed E-state index contributed by atoms with van der Waals surface area (Å²) in [6.45, 7) is 1.97. The Balaban J connectivity index is 1.79. The highest BCUT2D eigenvalue weighted by Crippen LogP contribution is 2.19. The molecule has 0 bridgehead atoms. The zero-order chi connectivity index (χ0) is 19.2. The number of carbonyl (C=O) groups excluding carboxylic acids is 2. The second-order valence-electron chi connectivity index (χ2n) is 5.75. The van der Waals surface area contributed by atoms with E-state index in [1.165, 1.54) is 19.4 Å². The number of benzene rings is 2. The maximum absolute atomic E-state index is 12.4. The zero-order valence-electron chi connectivity index (χ0n) is 14.9. The molecule has 0 saturated carbocycles. The molecule has 2 aromatic carbocycles. The Morgan fingerprint density at radius 3 is 2.48 bits per heavy atom. The van der Waals surface area contributed by atoms with Gasteiger partial charge in [0.1, 0.15) is 5.69 Å². The number of para-hydroxylation sites is 1. The molecule has 7 heteroatoms. The number of methoxy groups -OCH3 is 1. The summed E-state index contributed by atoms with van der Waals surface area (Å²) in [6, 6.07) is 15.8. The van der Waals surface area contributed by atoms with Crippen LogP contribution in [0.15, 0.2) is 60.8 Å². The van der Waals surface area contributed by atoms with Gasteiger partial charge in [-0.3, -0.25) is 4.79 Å². The number of aryl methyl sites for hydroxylation is 1. The molecule has 0 aliphatic heterocycles.